The fraction of sp³-hybridized carbons (Fsp3) is 0.391. The van der Waals surface area contributed by atoms with Crippen LogP contribution in [-0.4, -0.2) is 18.4 Å². The van der Waals surface area contributed by atoms with Crippen LogP contribution in [0.5, 0.6) is 0 Å². The van der Waals surface area contributed by atoms with Gasteiger partial charge in [0.25, 0.3) is 5.91 Å². The van der Waals surface area contributed by atoms with E-state index in [1.54, 1.807) is 12.1 Å². The predicted octanol–water partition coefficient (Wildman–Crippen LogP) is 3.99. The van der Waals surface area contributed by atoms with E-state index >= 15 is 0 Å². The number of benzene rings is 2. The summed E-state index contributed by atoms with van der Waals surface area (Å²) in [5.41, 5.74) is 7.90. The van der Waals surface area contributed by atoms with Crippen LogP contribution < -0.4 is 16.4 Å². The summed E-state index contributed by atoms with van der Waals surface area (Å²) in [5.74, 6) is -0.648. The van der Waals surface area contributed by atoms with Crippen molar-refractivity contribution in [1.82, 2.24) is 5.32 Å². The van der Waals surface area contributed by atoms with Crippen LogP contribution in [0.1, 0.15) is 54.4 Å². The van der Waals surface area contributed by atoms with Gasteiger partial charge in [-0.3, -0.25) is 9.59 Å². The van der Waals surface area contributed by atoms with Crippen molar-refractivity contribution in [3.8, 4) is 0 Å². The Hall–Kier alpha value is -2.73. The predicted molar refractivity (Wildman–Crippen MR) is 112 cm³/mol. The van der Waals surface area contributed by atoms with Crippen LogP contribution in [-0.2, 0) is 11.3 Å². The first kappa shape index (κ1) is 21.0. The van der Waals surface area contributed by atoms with Crippen molar-refractivity contribution in [2.45, 2.75) is 45.1 Å². The van der Waals surface area contributed by atoms with Crippen molar-refractivity contribution >= 4 is 17.5 Å². The Morgan fingerprint density at radius 3 is 2.24 bits per heavy atom. The molecule has 0 atom stereocenters. The molecule has 5 nitrogen and oxygen atoms in total. The number of nitrogens with two attached hydrogens (primary N) is 1. The highest BCUT2D eigenvalue weighted by Gasteiger charge is 2.32. The summed E-state index contributed by atoms with van der Waals surface area (Å²) in [6, 6.07) is 12.7. The minimum absolute atomic E-state index is 0.0334. The Morgan fingerprint density at radius 2 is 1.62 bits per heavy atom. The van der Waals surface area contributed by atoms with Crippen molar-refractivity contribution in [2.75, 3.05) is 11.9 Å². The van der Waals surface area contributed by atoms with Gasteiger partial charge in [-0.25, -0.2) is 4.39 Å². The SMILES string of the molecule is NCC1(CC(=O)NCc2ccc(NC(=O)c3ccc(F)cc3)cc2)CCCCC1. The Bertz CT molecular complexity index is 828. The number of carbonyl (C=O) groups excluding carboxylic acids is 2. The second kappa shape index (κ2) is 9.65. The highest BCUT2D eigenvalue weighted by molar-refractivity contribution is 6.04. The topological polar surface area (TPSA) is 84.2 Å². The van der Waals surface area contributed by atoms with Gasteiger partial charge in [-0.1, -0.05) is 31.4 Å². The maximum atomic E-state index is 13.0. The second-order valence-electron chi connectivity index (χ2n) is 7.88. The zero-order valence-electron chi connectivity index (χ0n) is 16.5. The van der Waals surface area contributed by atoms with Crippen LogP contribution in [0.25, 0.3) is 0 Å². The molecule has 0 aromatic heterocycles. The lowest BCUT2D eigenvalue weighted by Crippen LogP contribution is -2.38. The van der Waals surface area contributed by atoms with E-state index < -0.39 is 0 Å². The lowest BCUT2D eigenvalue weighted by Gasteiger charge is -2.35. The summed E-state index contributed by atoms with van der Waals surface area (Å²) >= 11 is 0. The molecule has 2 aromatic rings. The number of hydrogen-bond donors (Lipinski definition) is 3. The summed E-state index contributed by atoms with van der Waals surface area (Å²) < 4.78 is 13.0. The van der Waals surface area contributed by atoms with Gasteiger partial charge < -0.3 is 16.4 Å². The molecule has 6 heteroatoms. The molecule has 154 valence electrons. The van der Waals surface area contributed by atoms with E-state index in [-0.39, 0.29) is 23.0 Å². The molecule has 0 heterocycles. The van der Waals surface area contributed by atoms with E-state index in [9.17, 15) is 14.0 Å². The lowest BCUT2D eigenvalue weighted by molar-refractivity contribution is -0.124. The molecule has 29 heavy (non-hydrogen) atoms. The molecule has 0 spiro atoms. The third kappa shape index (κ3) is 5.87. The number of anilines is 1. The molecule has 1 aliphatic carbocycles. The first-order valence-electron chi connectivity index (χ1n) is 10.1. The summed E-state index contributed by atoms with van der Waals surface area (Å²) in [6.07, 6.45) is 6.06. The zero-order valence-corrected chi connectivity index (χ0v) is 16.5. The minimum atomic E-state index is -0.381. The number of amides is 2. The first-order valence-corrected chi connectivity index (χ1v) is 10.1. The number of halogens is 1. The Morgan fingerprint density at radius 1 is 0.966 bits per heavy atom. The molecule has 0 aliphatic heterocycles. The Balaban J connectivity index is 1.49. The zero-order chi connectivity index (χ0) is 20.7. The van der Waals surface area contributed by atoms with Crippen LogP contribution in [0, 0.1) is 11.2 Å². The fourth-order valence-electron chi connectivity index (χ4n) is 3.87. The quantitative estimate of drug-likeness (QED) is 0.660. The molecule has 0 unspecified atom stereocenters. The molecule has 3 rings (SSSR count). The summed E-state index contributed by atoms with van der Waals surface area (Å²) in [7, 11) is 0. The molecule has 1 saturated carbocycles. The average Bonchev–Trinajstić information content (AvgIpc) is 2.74. The Labute approximate surface area is 170 Å². The Kier molecular flexibility index (Phi) is 6.99. The van der Waals surface area contributed by atoms with Crippen molar-refractivity contribution in [3.05, 3.63) is 65.5 Å². The monoisotopic (exact) mass is 397 g/mol. The molecular weight excluding hydrogens is 369 g/mol. The largest absolute Gasteiger partial charge is 0.352 e. The molecule has 2 aromatic carbocycles. The van der Waals surface area contributed by atoms with Gasteiger partial charge in [0, 0.05) is 24.2 Å². The fourth-order valence-corrected chi connectivity index (χ4v) is 3.87. The van der Waals surface area contributed by atoms with Crippen LogP contribution in [0.2, 0.25) is 0 Å². The minimum Gasteiger partial charge on any atom is -0.352 e. The second-order valence-corrected chi connectivity index (χ2v) is 7.88. The van der Waals surface area contributed by atoms with Crippen LogP contribution in [0.4, 0.5) is 10.1 Å². The third-order valence-corrected chi connectivity index (χ3v) is 5.69. The molecule has 0 radical (unpaired) electrons. The van der Waals surface area contributed by atoms with Gasteiger partial charge >= 0.3 is 0 Å². The lowest BCUT2D eigenvalue weighted by atomic mass is 9.71. The van der Waals surface area contributed by atoms with E-state index in [2.05, 4.69) is 10.6 Å². The maximum absolute atomic E-state index is 13.0. The molecule has 0 bridgehead atoms. The number of nitrogens with one attached hydrogen (secondary N) is 2. The molecule has 2 amide bonds. The number of rotatable bonds is 7. The highest BCUT2D eigenvalue weighted by Crippen LogP contribution is 2.38. The van der Waals surface area contributed by atoms with E-state index in [4.69, 9.17) is 5.73 Å². The summed E-state index contributed by atoms with van der Waals surface area (Å²) in [5, 5.41) is 5.75. The van der Waals surface area contributed by atoms with Crippen LogP contribution >= 0.6 is 0 Å². The maximum Gasteiger partial charge on any atom is 0.255 e. The van der Waals surface area contributed by atoms with E-state index in [0.717, 1.165) is 31.2 Å². The average molecular weight is 397 g/mol. The van der Waals surface area contributed by atoms with Gasteiger partial charge in [-0.2, -0.15) is 0 Å². The number of hydrogen-bond acceptors (Lipinski definition) is 3. The molecule has 1 aliphatic rings. The van der Waals surface area contributed by atoms with Gasteiger partial charge in [0.15, 0.2) is 0 Å². The van der Waals surface area contributed by atoms with Crippen LogP contribution in [0.15, 0.2) is 48.5 Å². The van der Waals surface area contributed by atoms with Gasteiger partial charge in [0.05, 0.1) is 0 Å². The molecule has 4 N–H and O–H groups in total. The van der Waals surface area contributed by atoms with Gasteiger partial charge in [-0.15, -0.1) is 0 Å². The summed E-state index contributed by atoms with van der Waals surface area (Å²) in [4.78, 5) is 24.6. The van der Waals surface area contributed by atoms with Gasteiger partial charge in [0.1, 0.15) is 5.82 Å². The third-order valence-electron chi connectivity index (χ3n) is 5.69. The molecule has 1 fully saturated rings. The van der Waals surface area contributed by atoms with Crippen molar-refractivity contribution in [2.24, 2.45) is 11.1 Å². The highest BCUT2D eigenvalue weighted by atomic mass is 19.1. The normalized spacial score (nSPS) is 15.5. The summed E-state index contributed by atoms with van der Waals surface area (Å²) in [6.45, 7) is 0.995. The first-order chi connectivity index (χ1) is 14.0. The molecule has 0 saturated heterocycles. The number of carbonyl (C=O) groups is 2. The van der Waals surface area contributed by atoms with E-state index in [0.29, 0.717) is 30.8 Å². The van der Waals surface area contributed by atoms with E-state index in [1.165, 1.54) is 30.7 Å². The van der Waals surface area contributed by atoms with E-state index in [1.807, 2.05) is 12.1 Å². The van der Waals surface area contributed by atoms with Crippen molar-refractivity contribution < 1.29 is 14.0 Å². The van der Waals surface area contributed by atoms with Gasteiger partial charge in [0.2, 0.25) is 5.91 Å². The standard InChI is InChI=1S/C23H28FN3O2/c24-19-8-6-18(7-9-19)22(29)27-20-10-4-17(5-11-20)15-26-21(28)14-23(16-25)12-2-1-3-13-23/h4-11H,1-3,12-16,25H2,(H,26,28)(H,27,29). The van der Waals surface area contributed by atoms with Crippen LogP contribution in [0.3, 0.4) is 0 Å². The van der Waals surface area contributed by atoms with Crippen molar-refractivity contribution in [1.29, 1.82) is 0 Å². The molecular formula is C23H28FN3O2. The van der Waals surface area contributed by atoms with Gasteiger partial charge in [-0.05, 0) is 66.8 Å². The van der Waals surface area contributed by atoms with Crippen molar-refractivity contribution in [3.63, 3.8) is 0 Å². The smallest absolute Gasteiger partial charge is 0.255 e.